The Bertz CT molecular complexity index is 966. The largest absolute Gasteiger partial charge is 0.369 e. The molecule has 1 aliphatic heterocycles. The zero-order valence-corrected chi connectivity index (χ0v) is 18.6. The molecule has 1 saturated heterocycles. The Labute approximate surface area is 184 Å². The third-order valence-electron chi connectivity index (χ3n) is 6.48. The SMILES string of the molecule is CCN1CCN(c2ccc(NC(=O)c3cccc(NC(=O)C4CC4C)c3)c(C)c2)CC1. The van der Waals surface area contributed by atoms with Gasteiger partial charge in [-0.2, -0.15) is 0 Å². The van der Waals surface area contributed by atoms with Gasteiger partial charge in [-0.05, 0) is 67.8 Å². The fourth-order valence-corrected chi connectivity index (χ4v) is 4.16. The molecule has 2 N–H and O–H groups in total. The van der Waals surface area contributed by atoms with E-state index < -0.39 is 0 Å². The number of piperazine rings is 1. The first kappa shape index (κ1) is 21.4. The van der Waals surface area contributed by atoms with Crippen molar-refractivity contribution in [2.45, 2.75) is 27.2 Å². The van der Waals surface area contributed by atoms with Crippen molar-refractivity contribution in [3.05, 3.63) is 53.6 Å². The van der Waals surface area contributed by atoms with E-state index in [9.17, 15) is 9.59 Å². The molecular formula is C25H32N4O2. The predicted molar refractivity (Wildman–Crippen MR) is 126 cm³/mol. The molecular weight excluding hydrogens is 388 g/mol. The van der Waals surface area contributed by atoms with Crippen molar-refractivity contribution >= 4 is 28.9 Å². The van der Waals surface area contributed by atoms with Gasteiger partial charge in [0.1, 0.15) is 0 Å². The second-order valence-electron chi connectivity index (χ2n) is 8.76. The molecule has 164 valence electrons. The fraction of sp³-hybridized carbons (Fsp3) is 0.440. The Morgan fingerprint density at radius 2 is 1.77 bits per heavy atom. The van der Waals surface area contributed by atoms with Gasteiger partial charge >= 0.3 is 0 Å². The average Bonchev–Trinajstić information content (AvgIpc) is 3.52. The van der Waals surface area contributed by atoms with E-state index in [0.717, 1.165) is 50.4 Å². The van der Waals surface area contributed by atoms with E-state index in [1.54, 1.807) is 18.2 Å². The smallest absolute Gasteiger partial charge is 0.255 e. The first-order valence-electron chi connectivity index (χ1n) is 11.2. The van der Waals surface area contributed by atoms with Crippen molar-refractivity contribution in [2.75, 3.05) is 48.3 Å². The van der Waals surface area contributed by atoms with Crippen LogP contribution >= 0.6 is 0 Å². The molecule has 2 aromatic carbocycles. The molecule has 6 heteroatoms. The van der Waals surface area contributed by atoms with Crippen molar-refractivity contribution in [3.63, 3.8) is 0 Å². The van der Waals surface area contributed by atoms with Crippen LogP contribution in [0.25, 0.3) is 0 Å². The molecule has 2 amide bonds. The minimum Gasteiger partial charge on any atom is -0.369 e. The summed E-state index contributed by atoms with van der Waals surface area (Å²) >= 11 is 0. The molecule has 2 fully saturated rings. The highest BCUT2D eigenvalue weighted by atomic mass is 16.2. The maximum atomic E-state index is 12.8. The molecule has 1 heterocycles. The van der Waals surface area contributed by atoms with Gasteiger partial charge in [0.15, 0.2) is 0 Å². The molecule has 1 aliphatic carbocycles. The van der Waals surface area contributed by atoms with Gasteiger partial charge in [-0.15, -0.1) is 0 Å². The summed E-state index contributed by atoms with van der Waals surface area (Å²) in [5.74, 6) is 0.413. The maximum Gasteiger partial charge on any atom is 0.255 e. The van der Waals surface area contributed by atoms with Crippen LogP contribution < -0.4 is 15.5 Å². The van der Waals surface area contributed by atoms with Crippen molar-refractivity contribution in [3.8, 4) is 0 Å². The third-order valence-corrected chi connectivity index (χ3v) is 6.48. The van der Waals surface area contributed by atoms with Crippen molar-refractivity contribution < 1.29 is 9.59 Å². The van der Waals surface area contributed by atoms with Crippen LogP contribution in [-0.4, -0.2) is 49.4 Å². The van der Waals surface area contributed by atoms with Crippen LogP contribution in [-0.2, 0) is 4.79 Å². The third kappa shape index (κ3) is 5.07. The number of likely N-dealkylation sites (N-methyl/N-ethyl adjacent to an activating group) is 1. The Balaban J connectivity index is 1.39. The number of hydrogen-bond acceptors (Lipinski definition) is 4. The molecule has 1 saturated carbocycles. The molecule has 6 nitrogen and oxygen atoms in total. The molecule has 0 radical (unpaired) electrons. The number of rotatable bonds is 6. The zero-order valence-electron chi connectivity index (χ0n) is 18.6. The van der Waals surface area contributed by atoms with Gasteiger partial charge in [0.05, 0.1) is 0 Å². The summed E-state index contributed by atoms with van der Waals surface area (Å²) in [5, 5.41) is 5.95. The lowest BCUT2D eigenvalue weighted by Crippen LogP contribution is -2.46. The topological polar surface area (TPSA) is 64.7 Å². The molecule has 0 aromatic heterocycles. The molecule has 2 aliphatic rings. The molecule has 0 bridgehead atoms. The Morgan fingerprint density at radius 1 is 1.03 bits per heavy atom. The van der Waals surface area contributed by atoms with Crippen molar-refractivity contribution in [1.29, 1.82) is 0 Å². The van der Waals surface area contributed by atoms with E-state index in [1.807, 2.05) is 19.1 Å². The Kier molecular flexibility index (Phi) is 6.28. The van der Waals surface area contributed by atoms with Gasteiger partial charge in [0.2, 0.25) is 5.91 Å². The first-order chi connectivity index (χ1) is 14.9. The van der Waals surface area contributed by atoms with Crippen LogP contribution in [0.15, 0.2) is 42.5 Å². The lowest BCUT2D eigenvalue weighted by Gasteiger charge is -2.35. The molecule has 0 spiro atoms. The van der Waals surface area contributed by atoms with E-state index >= 15 is 0 Å². The second-order valence-corrected chi connectivity index (χ2v) is 8.76. The summed E-state index contributed by atoms with van der Waals surface area (Å²) < 4.78 is 0. The monoisotopic (exact) mass is 420 g/mol. The number of aryl methyl sites for hydroxylation is 1. The summed E-state index contributed by atoms with van der Waals surface area (Å²) in [7, 11) is 0. The number of hydrogen-bond donors (Lipinski definition) is 2. The summed E-state index contributed by atoms with van der Waals surface area (Å²) in [6.07, 6.45) is 0.940. The Hall–Kier alpha value is -2.86. The molecule has 2 unspecified atom stereocenters. The van der Waals surface area contributed by atoms with Crippen LogP contribution in [0.1, 0.15) is 36.2 Å². The number of anilines is 3. The number of nitrogens with one attached hydrogen (secondary N) is 2. The predicted octanol–water partition coefficient (Wildman–Crippen LogP) is 3.98. The Morgan fingerprint density at radius 3 is 2.42 bits per heavy atom. The number of nitrogens with zero attached hydrogens (tertiary/aromatic N) is 2. The normalized spacial score (nSPS) is 20.9. The molecule has 2 atom stereocenters. The molecule has 31 heavy (non-hydrogen) atoms. The van der Waals surface area contributed by atoms with Crippen LogP contribution in [0.2, 0.25) is 0 Å². The molecule has 2 aromatic rings. The van der Waals surface area contributed by atoms with E-state index in [-0.39, 0.29) is 17.7 Å². The summed E-state index contributed by atoms with van der Waals surface area (Å²) in [6, 6.07) is 13.3. The van der Waals surface area contributed by atoms with Gasteiger partial charge in [0, 0.05) is 54.7 Å². The quantitative estimate of drug-likeness (QED) is 0.742. The minimum absolute atomic E-state index is 0.0382. The highest BCUT2D eigenvalue weighted by molar-refractivity contribution is 6.06. The average molecular weight is 421 g/mol. The number of carbonyl (C=O) groups excluding carboxylic acids is 2. The van der Waals surface area contributed by atoms with Crippen molar-refractivity contribution in [2.24, 2.45) is 11.8 Å². The summed E-state index contributed by atoms with van der Waals surface area (Å²) in [6.45, 7) is 11.6. The van der Waals surface area contributed by atoms with Crippen LogP contribution in [0.3, 0.4) is 0 Å². The minimum atomic E-state index is -0.178. The highest BCUT2D eigenvalue weighted by Crippen LogP contribution is 2.38. The highest BCUT2D eigenvalue weighted by Gasteiger charge is 2.39. The summed E-state index contributed by atoms with van der Waals surface area (Å²) in [4.78, 5) is 29.9. The van der Waals surface area contributed by atoms with E-state index in [2.05, 4.69) is 46.4 Å². The van der Waals surface area contributed by atoms with E-state index in [0.29, 0.717) is 17.2 Å². The molecule has 4 rings (SSSR count). The zero-order chi connectivity index (χ0) is 22.0. The van der Waals surface area contributed by atoms with Gasteiger partial charge < -0.3 is 20.4 Å². The standard InChI is InChI=1S/C25H32N4O2/c1-4-28-10-12-29(13-11-28)21-8-9-23(18(3)14-21)27-24(30)19-6-5-7-20(16-19)26-25(31)22-15-17(22)2/h5-9,14,16-17,22H,4,10-13,15H2,1-3H3,(H,26,31)(H,27,30). The summed E-state index contributed by atoms with van der Waals surface area (Å²) in [5.41, 5.74) is 4.24. The lowest BCUT2D eigenvalue weighted by molar-refractivity contribution is -0.117. The van der Waals surface area contributed by atoms with Crippen LogP contribution in [0.4, 0.5) is 17.1 Å². The number of benzene rings is 2. The van der Waals surface area contributed by atoms with Crippen LogP contribution in [0.5, 0.6) is 0 Å². The lowest BCUT2D eigenvalue weighted by atomic mass is 10.1. The first-order valence-corrected chi connectivity index (χ1v) is 11.2. The van der Waals surface area contributed by atoms with Gasteiger partial charge in [0.25, 0.3) is 5.91 Å². The van der Waals surface area contributed by atoms with E-state index in [4.69, 9.17) is 0 Å². The van der Waals surface area contributed by atoms with Crippen molar-refractivity contribution in [1.82, 2.24) is 4.90 Å². The fourth-order valence-electron chi connectivity index (χ4n) is 4.16. The number of carbonyl (C=O) groups is 2. The maximum absolute atomic E-state index is 12.8. The van der Waals surface area contributed by atoms with E-state index in [1.165, 1.54) is 5.69 Å². The second kappa shape index (κ2) is 9.10. The van der Waals surface area contributed by atoms with Gasteiger partial charge in [-0.1, -0.05) is 19.9 Å². The van der Waals surface area contributed by atoms with Crippen LogP contribution in [0, 0.1) is 18.8 Å². The van der Waals surface area contributed by atoms with Gasteiger partial charge in [-0.3, -0.25) is 9.59 Å². The van der Waals surface area contributed by atoms with Gasteiger partial charge in [-0.25, -0.2) is 0 Å². The number of amides is 2.